The van der Waals surface area contributed by atoms with Crippen LogP contribution in [-0.2, 0) is 6.54 Å². The number of nitrogens with one attached hydrogen (secondary N) is 1. The maximum atomic E-state index is 11.1. The molecule has 0 aliphatic carbocycles. The normalized spacial score (nSPS) is 18.6. The molecule has 2 aromatic rings. The van der Waals surface area contributed by atoms with Crippen molar-refractivity contribution in [3.05, 3.63) is 58.2 Å². The quantitative estimate of drug-likeness (QED) is 0.692. The van der Waals surface area contributed by atoms with Crippen LogP contribution in [0, 0.1) is 10.1 Å². The molecule has 1 saturated heterocycles. The summed E-state index contributed by atoms with van der Waals surface area (Å²) in [4.78, 5) is 15.0. The van der Waals surface area contributed by atoms with E-state index in [1.54, 1.807) is 24.5 Å². The van der Waals surface area contributed by atoms with E-state index in [0.717, 1.165) is 18.7 Å². The number of nitro groups is 1. The highest BCUT2D eigenvalue weighted by atomic mass is 16.6. The number of benzene rings is 1. The Kier molecular flexibility index (Phi) is 3.96. The molecule has 1 unspecified atom stereocenters. The van der Waals surface area contributed by atoms with Gasteiger partial charge in [0.2, 0.25) is 0 Å². The van der Waals surface area contributed by atoms with Crippen LogP contribution >= 0.6 is 0 Å². The number of nitrogens with zero attached hydrogens (tertiary/aromatic N) is 3. The van der Waals surface area contributed by atoms with Gasteiger partial charge in [0.25, 0.3) is 5.69 Å². The van der Waals surface area contributed by atoms with E-state index < -0.39 is 0 Å². The first-order valence-corrected chi connectivity index (χ1v) is 7.21. The van der Waals surface area contributed by atoms with E-state index >= 15 is 0 Å². The molecule has 0 saturated carbocycles. The van der Waals surface area contributed by atoms with Crippen LogP contribution in [0.2, 0.25) is 0 Å². The van der Waals surface area contributed by atoms with Gasteiger partial charge in [-0.2, -0.15) is 0 Å². The zero-order chi connectivity index (χ0) is 14.7. The zero-order valence-electron chi connectivity index (χ0n) is 11.7. The smallest absolute Gasteiger partial charge is 0.274 e. The lowest BCUT2D eigenvalue weighted by molar-refractivity contribution is -0.385. The van der Waals surface area contributed by atoms with Gasteiger partial charge in [0.1, 0.15) is 0 Å². The van der Waals surface area contributed by atoms with Gasteiger partial charge in [-0.05, 0) is 19.4 Å². The van der Waals surface area contributed by atoms with Gasteiger partial charge in [0.15, 0.2) is 0 Å². The number of hydrogen-bond donors (Lipinski definition) is 1. The topological polar surface area (TPSA) is 73.0 Å². The Morgan fingerprint density at radius 2 is 2.24 bits per heavy atom. The number of nitro benzene ring substituents is 1. The Bertz CT molecular complexity index is 632. The third-order valence-electron chi connectivity index (χ3n) is 3.94. The summed E-state index contributed by atoms with van der Waals surface area (Å²) in [6.45, 7) is 1.49. The first kappa shape index (κ1) is 13.8. The molecule has 6 nitrogen and oxygen atoms in total. The maximum absolute atomic E-state index is 11.1. The molecule has 110 valence electrons. The highest BCUT2D eigenvalue weighted by molar-refractivity contribution is 5.40. The predicted octanol–water partition coefficient (Wildman–Crippen LogP) is 2.65. The summed E-state index contributed by atoms with van der Waals surface area (Å²) in [5.41, 5.74) is 1.97. The fourth-order valence-corrected chi connectivity index (χ4v) is 2.86. The molecule has 1 aromatic carbocycles. The van der Waals surface area contributed by atoms with Crippen LogP contribution in [0.1, 0.15) is 36.6 Å². The van der Waals surface area contributed by atoms with Crippen molar-refractivity contribution >= 4 is 5.69 Å². The summed E-state index contributed by atoms with van der Waals surface area (Å²) in [7, 11) is 0. The minimum absolute atomic E-state index is 0.161. The molecule has 0 spiro atoms. The molecule has 3 rings (SSSR count). The Morgan fingerprint density at radius 1 is 1.38 bits per heavy atom. The molecule has 6 heteroatoms. The molecule has 0 bridgehead atoms. The second-order valence-electron chi connectivity index (χ2n) is 5.33. The number of aromatic nitrogens is 2. The standard InChI is InChI=1S/C15H18N4O2/c20-19(21)14-7-2-1-5-12(14)10-18-11-16-9-15(18)13-6-3-4-8-17-13/h1-2,5,7,9,11,13,17H,3-4,6,8,10H2. The molecule has 1 fully saturated rings. The number of hydrogen-bond acceptors (Lipinski definition) is 4. The molecular weight excluding hydrogens is 268 g/mol. The number of para-hydroxylation sites is 1. The van der Waals surface area contributed by atoms with Gasteiger partial charge >= 0.3 is 0 Å². The summed E-state index contributed by atoms with van der Waals surface area (Å²) in [5.74, 6) is 0. The van der Waals surface area contributed by atoms with Gasteiger partial charge in [0.05, 0.1) is 23.5 Å². The first-order valence-electron chi connectivity index (χ1n) is 7.21. The van der Waals surface area contributed by atoms with Gasteiger partial charge in [-0.1, -0.05) is 24.6 Å². The lowest BCUT2D eigenvalue weighted by Crippen LogP contribution is -2.28. The molecule has 0 amide bonds. The lowest BCUT2D eigenvalue weighted by Gasteiger charge is -2.24. The lowest BCUT2D eigenvalue weighted by atomic mass is 10.0. The maximum Gasteiger partial charge on any atom is 0.274 e. The molecule has 2 heterocycles. The number of rotatable bonds is 4. The summed E-state index contributed by atoms with van der Waals surface area (Å²) in [6.07, 6.45) is 7.10. The van der Waals surface area contributed by atoms with Gasteiger partial charge in [-0.15, -0.1) is 0 Å². The van der Waals surface area contributed by atoms with E-state index in [0.29, 0.717) is 18.2 Å². The second-order valence-corrected chi connectivity index (χ2v) is 5.33. The van der Waals surface area contributed by atoms with Crippen LogP contribution in [0.4, 0.5) is 5.69 Å². The van der Waals surface area contributed by atoms with Crippen molar-refractivity contribution in [3.8, 4) is 0 Å². The average molecular weight is 286 g/mol. The summed E-state index contributed by atoms with van der Waals surface area (Å²) < 4.78 is 2.01. The van der Waals surface area contributed by atoms with Crippen LogP contribution in [0.3, 0.4) is 0 Å². The minimum Gasteiger partial charge on any atom is -0.328 e. The van der Waals surface area contributed by atoms with E-state index in [1.807, 2.05) is 16.8 Å². The van der Waals surface area contributed by atoms with Crippen LogP contribution in [-0.4, -0.2) is 21.0 Å². The van der Waals surface area contributed by atoms with Crippen molar-refractivity contribution in [2.75, 3.05) is 6.54 Å². The largest absolute Gasteiger partial charge is 0.328 e. The van der Waals surface area contributed by atoms with Crippen LogP contribution in [0.15, 0.2) is 36.8 Å². The van der Waals surface area contributed by atoms with Crippen molar-refractivity contribution < 1.29 is 4.92 Å². The first-order chi connectivity index (χ1) is 10.3. The predicted molar refractivity (Wildman–Crippen MR) is 79.0 cm³/mol. The highest BCUT2D eigenvalue weighted by Gasteiger charge is 2.20. The van der Waals surface area contributed by atoms with Crippen molar-refractivity contribution in [3.63, 3.8) is 0 Å². The molecule has 1 aromatic heterocycles. The third-order valence-corrected chi connectivity index (χ3v) is 3.94. The zero-order valence-corrected chi connectivity index (χ0v) is 11.7. The molecule has 1 atom stereocenters. The minimum atomic E-state index is -0.329. The van der Waals surface area contributed by atoms with Crippen LogP contribution in [0.25, 0.3) is 0 Å². The van der Waals surface area contributed by atoms with Crippen molar-refractivity contribution in [2.24, 2.45) is 0 Å². The number of imidazole rings is 1. The van der Waals surface area contributed by atoms with Gasteiger partial charge in [0, 0.05) is 23.9 Å². The van der Waals surface area contributed by atoms with E-state index in [4.69, 9.17) is 0 Å². The molecule has 0 radical (unpaired) electrons. The van der Waals surface area contributed by atoms with E-state index in [-0.39, 0.29) is 10.6 Å². The molecular formula is C15H18N4O2. The molecule has 1 N–H and O–H groups in total. The van der Waals surface area contributed by atoms with Gasteiger partial charge in [-0.25, -0.2) is 4.98 Å². The van der Waals surface area contributed by atoms with Crippen LogP contribution < -0.4 is 5.32 Å². The van der Waals surface area contributed by atoms with Crippen molar-refractivity contribution in [2.45, 2.75) is 31.8 Å². The highest BCUT2D eigenvalue weighted by Crippen LogP contribution is 2.25. The van der Waals surface area contributed by atoms with Crippen molar-refractivity contribution in [1.29, 1.82) is 0 Å². The Morgan fingerprint density at radius 3 is 3.00 bits per heavy atom. The fourth-order valence-electron chi connectivity index (χ4n) is 2.86. The summed E-state index contributed by atoms with van der Waals surface area (Å²) in [5, 5.41) is 14.6. The van der Waals surface area contributed by atoms with E-state index in [9.17, 15) is 10.1 Å². The second kappa shape index (κ2) is 6.05. The Hall–Kier alpha value is -2.21. The van der Waals surface area contributed by atoms with E-state index in [2.05, 4.69) is 10.3 Å². The fraction of sp³-hybridized carbons (Fsp3) is 0.400. The monoisotopic (exact) mass is 286 g/mol. The Labute approximate surface area is 123 Å². The summed E-state index contributed by atoms with van der Waals surface area (Å²) in [6, 6.07) is 7.17. The van der Waals surface area contributed by atoms with E-state index in [1.165, 1.54) is 12.8 Å². The average Bonchev–Trinajstić information content (AvgIpc) is 2.96. The molecule has 1 aliphatic rings. The van der Waals surface area contributed by atoms with Gasteiger partial charge < -0.3 is 9.88 Å². The Balaban J connectivity index is 1.86. The molecule has 21 heavy (non-hydrogen) atoms. The molecule has 1 aliphatic heterocycles. The van der Waals surface area contributed by atoms with Gasteiger partial charge in [-0.3, -0.25) is 10.1 Å². The third kappa shape index (κ3) is 2.95. The summed E-state index contributed by atoms with van der Waals surface area (Å²) >= 11 is 0. The SMILES string of the molecule is O=[N+]([O-])c1ccccc1Cn1cncc1C1CCCCN1. The van der Waals surface area contributed by atoms with Crippen molar-refractivity contribution in [1.82, 2.24) is 14.9 Å². The number of piperidine rings is 1. The van der Waals surface area contributed by atoms with Crippen LogP contribution in [0.5, 0.6) is 0 Å².